The summed E-state index contributed by atoms with van der Waals surface area (Å²) in [5, 5.41) is 3.08. The summed E-state index contributed by atoms with van der Waals surface area (Å²) in [6, 6.07) is 19.8. The van der Waals surface area contributed by atoms with Crippen molar-refractivity contribution in [1.82, 2.24) is 10.2 Å². The SMILES string of the molecule is CC[C@H](C(=O)NC1CCCC1)N(Cc1ccc(F)cc1)C(=O)CN(c1ccc(C)cc1)S(=O)(=O)c1ccccc1. The van der Waals surface area contributed by atoms with E-state index in [1.54, 1.807) is 54.6 Å². The number of nitrogens with one attached hydrogen (secondary N) is 1. The number of rotatable bonds is 11. The van der Waals surface area contributed by atoms with Crippen LogP contribution in [-0.4, -0.2) is 43.8 Å². The van der Waals surface area contributed by atoms with Gasteiger partial charge < -0.3 is 10.2 Å². The molecule has 0 spiro atoms. The van der Waals surface area contributed by atoms with Gasteiger partial charge in [-0.05, 0) is 68.1 Å². The van der Waals surface area contributed by atoms with Crippen molar-refractivity contribution in [3.8, 4) is 0 Å². The van der Waals surface area contributed by atoms with Gasteiger partial charge in [-0.15, -0.1) is 0 Å². The van der Waals surface area contributed by atoms with E-state index >= 15 is 0 Å². The number of hydrogen-bond acceptors (Lipinski definition) is 4. The van der Waals surface area contributed by atoms with Gasteiger partial charge in [0.15, 0.2) is 0 Å². The highest BCUT2D eigenvalue weighted by Gasteiger charge is 2.34. The summed E-state index contributed by atoms with van der Waals surface area (Å²) in [4.78, 5) is 29.0. The van der Waals surface area contributed by atoms with Crippen LogP contribution in [0.15, 0.2) is 83.8 Å². The third kappa shape index (κ3) is 7.07. The fourth-order valence-corrected chi connectivity index (χ4v) is 6.47. The number of amides is 2. The molecule has 40 heavy (non-hydrogen) atoms. The van der Waals surface area contributed by atoms with Crippen LogP contribution in [0.2, 0.25) is 0 Å². The molecule has 2 amide bonds. The van der Waals surface area contributed by atoms with Gasteiger partial charge in [-0.25, -0.2) is 12.8 Å². The van der Waals surface area contributed by atoms with Crippen molar-refractivity contribution in [3.05, 3.63) is 95.8 Å². The van der Waals surface area contributed by atoms with Crippen molar-refractivity contribution in [1.29, 1.82) is 0 Å². The minimum absolute atomic E-state index is 0.0306. The molecular weight excluding hydrogens is 529 g/mol. The summed E-state index contributed by atoms with van der Waals surface area (Å²) in [6.45, 7) is 3.24. The topological polar surface area (TPSA) is 86.8 Å². The van der Waals surface area contributed by atoms with E-state index in [9.17, 15) is 22.4 Å². The number of carbonyl (C=O) groups excluding carboxylic acids is 2. The molecule has 1 aliphatic rings. The van der Waals surface area contributed by atoms with Crippen molar-refractivity contribution < 1.29 is 22.4 Å². The van der Waals surface area contributed by atoms with E-state index in [-0.39, 0.29) is 23.4 Å². The Hall–Kier alpha value is -3.72. The molecule has 0 bridgehead atoms. The van der Waals surface area contributed by atoms with E-state index in [0.717, 1.165) is 35.6 Å². The molecule has 3 aromatic rings. The Labute approximate surface area is 236 Å². The first-order valence-corrected chi connectivity index (χ1v) is 15.1. The lowest BCUT2D eigenvalue weighted by Crippen LogP contribution is -2.53. The van der Waals surface area contributed by atoms with E-state index < -0.39 is 34.3 Å². The average Bonchev–Trinajstić information content (AvgIpc) is 3.46. The molecule has 1 saturated carbocycles. The van der Waals surface area contributed by atoms with Crippen molar-refractivity contribution in [2.75, 3.05) is 10.8 Å². The van der Waals surface area contributed by atoms with E-state index in [1.165, 1.54) is 29.2 Å². The van der Waals surface area contributed by atoms with Crippen molar-refractivity contribution in [3.63, 3.8) is 0 Å². The van der Waals surface area contributed by atoms with Crippen molar-refractivity contribution >= 4 is 27.5 Å². The maximum Gasteiger partial charge on any atom is 0.264 e. The predicted octanol–water partition coefficient (Wildman–Crippen LogP) is 5.20. The van der Waals surface area contributed by atoms with Gasteiger partial charge >= 0.3 is 0 Å². The molecule has 1 atom stereocenters. The normalized spacial score (nSPS) is 14.5. The second-order valence-corrected chi connectivity index (χ2v) is 12.1. The van der Waals surface area contributed by atoms with Crippen molar-refractivity contribution in [2.45, 2.75) is 69.5 Å². The summed E-state index contributed by atoms with van der Waals surface area (Å²) in [6.07, 6.45) is 4.21. The second-order valence-electron chi connectivity index (χ2n) is 10.2. The summed E-state index contributed by atoms with van der Waals surface area (Å²) in [5.41, 5.74) is 1.92. The van der Waals surface area contributed by atoms with E-state index in [4.69, 9.17) is 0 Å². The molecule has 9 heteroatoms. The quantitative estimate of drug-likeness (QED) is 0.347. The van der Waals surface area contributed by atoms with Crippen LogP contribution in [0.4, 0.5) is 10.1 Å². The maximum atomic E-state index is 14.1. The number of benzene rings is 3. The van der Waals surface area contributed by atoms with Gasteiger partial charge in [-0.3, -0.25) is 13.9 Å². The summed E-state index contributed by atoms with van der Waals surface area (Å²) in [7, 11) is -4.11. The number of carbonyl (C=O) groups is 2. The summed E-state index contributed by atoms with van der Waals surface area (Å²) in [5.74, 6) is -1.21. The van der Waals surface area contributed by atoms with Gasteiger partial charge in [0.2, 0.25) is 11.8 Å². The summed E-state index contributed by atoms with van der Waals surface area (Å²) < 4.78 is 42.3. The molecular formula is C31H36FN3O4S. The first kappa shape index (κ1) is 29.3. The first-order chi connectivity index (χ1) is 19.2. The number of hydrogen-bond donors (Lipinski definition) is 1. The Morgan fingerprint density at radius 1 is 0.950 bits per heavy atom. The van der Waals surface area contributed by atoms with Crippen LogP contribution in [0, 0.1) is 12.7 Å². The van der Waals surface area contributed by atoms with Crippen LogP contribution in [0.25, 0.3) is 0 Å². The minimum atomic E-state index is -4.11. The number of sulfonamides is 1. The molecule has 0 unspecified atom stereocenters. The molecule has 1 N–H and O–H groups in total. The van der Waals surface area contributed by atoms with Gasteiger partial charge in [0.05, 0.1) is 10.6 Å². The lowest BCUT2D eigenvalue weighted by Gasteiger charge is -2.33. The second kappa shape index (κ2) is 13.1. The zero-order valence-electron chi connectivity index (χ0n) is 22.9. The van der Waals surface area contributed by atoms with Crippen LogP contribution in [0.5, 0.6) is 0 Å². The predicted molar refractivity (Wildman–Crippen MR) is 154 cm³/mol. The monoisotopic (exact) mass is 565 g/mol. The molecule has 0 saturated heterocycles. The lowest BCUT2D eigenvalue weighted by molar-refractivity contribution is -0.140. The van der Waals surface area contributed by atoms with Crippen LogP contribution in [-0.2, 0) is 26.2 Å². The number of anilines is 1. The molecule has 7 nitrogen and oxygen atoms in total. The molecule has 212 valence electrons. The lowest BCUT2D eigenvalue weighted by atomic mass is 10.1. The van der Waals surface area contributed by atoms with Crippen LogP contribution in [0.1, 0.15) is 50.2 Å². The van der Waals surface area contributed by atoms with Gasteiger partial charge in [0.25, 0.3) is 10.0 Å². The first-order valence-electron chi connectivity index (χ1n) is 13.7. The zero-order chi connectivity index (χ0) is 28.7. The Bertz CT molecular complexity index is 1390. The highest BCUT2D eigenvalue weighted by molar-refractivity contribution is 7.92. The van der Waals surface area contributed by atoms with Crippen LogP contribution < -0.4 is 9.62 Å². The van der Waals surface area contributed by atoms with Crippen LogP contribution >= 0.6 is 0 Å². The van der Waals surface area contributed by atoms with E-state index in [2.05, 4.69) is 5.32 Å². The Morgan fingerprint density at radius 2 is 1.57 bits per heavy atom. The number of aryl methyl sites for hydroxylation is 1. The zero-order valence-corrected chi connectivity index (χ0v) is 23.7. The number of halogens is 1. The Morgan fingerprint density at radius 3 is 2.17 bits per heavy atom. The van der Waals surface area contributed by atoms with Crippen LogP contribution in [0.3, 0.4) is 0 Å². The van der Waals surface area contributed by atoms with E-state index in [0.29, 0.717) is 17.7 Å². The van der Waals surface area contributed by atoms with Gasteiger partial charge in [0.1, 0.15) is 18.4 Å². The molecule has 0 aromatic heterocycles. The fourth-order valence-electron chi connectivity index (χ4n) is 5.03. The molecule has 1 fully saturated rings. The minimum Gasteiger partial charge on any atom is -0.352 e. The fraction of sp³-hybridized carbons (Fsp3) is 0.355. The molecule has 0 aliphatic heterocycles. The molecule has 0 radical (unpaired) electrons. The number of nitrogens with zero attached hydrogens (tertiary/aromatic N) is 2. The average molecular weight is 566 g/mol. The Balaban J connectivity index is 1.69. The maximum absolute atomic E-state index is 14.1. The highest BCUT2D eigenvalue weighted by Crippen LogP contribution is 2.25. The van der Waals surface area contributed by atoms with Gasteiger partial charge in [0, 0.05) is 12.6 Å². The summed E-state index contributed by atoms with van der Waals surface area (Å²) >= 11 is 0. The smallest absolute Gasteiger partial charge is 0.264 e. The molecule has 0 heterocycles. The highest BCUT2D eigenvalue weighted by atomic mass is 32.2. The molecule has 4 rings (SSSR count). The molecule has 1 aliphatic carbocycles. The third-order valence-corrected chi connectivity index (χ3v) is 9.07. The van der Waals surface area contributed by atoms with Gasteiger partial charge in [-0.2, -0.15) is 0 Å². The third-order valence-electron chi connectivity index (χ3n) is 7.29. The van der Waals surface area contributed by atoms with E-state index in [1.807, 2.05) is 13.8 Å². The largest absolute Gasteiger partial charge is 0.352 e. The molecule has 3 aromatic carbocycles. The van der Waals surface area contributed by atoms with Gasteiger partial charge in [-0.1, -0.05) is 67.8 Å². The van der Waals surface area contributed by atoms with Crippen molar-refractivity contribution in [2.24, 2.45) is 0 Å². The standard InChI is InChI=1S/C31H36FN3O4S/c1-3-29(31(37)33-26-9-7-8-10-26)34(21-24-15-17-25(32)18-16-24)30(36)22-35(27-19-13-23(2)14-20-27)40(38,39)28-11-5-4-6-12-28/h4-6,11-20,26,29H,3,7-10,21-22H2,1-2H3,(H,33,37)/t29-/m1/s1. The Kier molecular flexibility index (Phi) is 9.58.